The van der Waals surface area contributed by atoms with Crippen molar-refractivity contribution in [2.45, 2.75) is 6.92 Å². The van der Waals surface area contributed by atoms with Crippen LogP contribution in [0.3, 0.4) is 0 Å². The number of aromatic nitrogens is 1. The maximum absolute atomic E-state index is 12.4. The van der Waals surface area contributed by atoms with Gasteiger partial charge in [-0.2, -0.15) is 5.26 Å². The Hall–Kier alpha value is -3.57. The summed E-state index contributed by atoms with van der Waals surface area (Å²) in [6.45, 7) is 1.46. The lowest BCUT2D eigenvalue weighted by Crippen LogP contribution is -2.21. The van der Waals surface area contributed by atoms with Gasteiger partial charge in [-0.1, -0.05) is 28.1 Å². The number of pyridine rings is 1. The molecule has 0 unspecified atom stereocenters. The molecule has 8 heteroatoms. The number of rotatable bonds is 6. The van der Waals surface area contributed by atoms with E-state index < -0.39 is 5.56 Å². The molecule has 0 fully saturated rings. The minimum absolute atomic E-state index is 0.0259. The van der Waals surface area contributed by atoms with Crippen LogP contribution in [-0.2, 0) is 4.79 Å². The number of aryl methyl sites for hydroxylation is 1. The Bertz CT molecular complexity index is 1200. The highest BCUT2D eigenvalue weighted by Crippen LogP contribution is 2.34. The molecule has 0 saturated heterocycles. The number of methoxy groups -OCH3 is 1. The molecule has 3 aromatic rings. The number of anilines is 1. The van der Waals surface area contributed by atoms with Crippen molar-refractivity contribution in [1.82, 2.24) is 4.98 Å². The second-order valence-electron chi connectivity index (χ2n) is 6.36. The molecule has 0 radical (unpaired) electrons. The van der Waals surface area contributed by atoms with E-state index in [2.05, 4.69) is 26.2 Å². The third-order valence-electron chi connectivity index (χ3n) is 4.25. The molecule has 2 aromatic carbocycles. The van der Waals surface area contributed by atoms with Crippen LogP contribution >= 0.6 is 15.9 Å². The Kier molecular flexibility index (Phi) is 6.54. The van der Waals surface area contributed by atoms with Gasteiger partial charge in [-0.3, -0.25) is 9.59 Å². The van der Waals surface area contributed by atoms with Crippen LogP contribution < -0.4 is 20.3 Å². The molecular formula is C22H18BrN3O4. The Morgan fingerprint density at radius 3 is 2.67 bits per heavy atom. The third kappa shape index (κ3) is 4.70. The average Bonchev–Trinajstić information content (AvgIpc) is 2.72. The Labute approximate surface area is 181 Å². The smallest absolute Gasteiger partial charge is 0.266 e. The number of aromatic amines is 1. The summed E-state index contributed by atoms with van der Waals surface area (Å²) in [6, 6.07) is 15.8. The van der Waals surface area contributed by atoms with Gasteiger partial charge in [-0.05, 0) is 43.3 Å². The van der Waals surface area contributed by atoms with Crippen molar-refractivity contribution in [2.75, 3.05) is 19.0 Å². The van der Waals surface area contributed by atoms with Crippen molar-refractivity contribution in [3.05, 3.63) is 74.6 Å². The molecule has 0 saturated carbocycles. The average molecular weight is 468 g/mol. The highest BCUT2D eigenvalue weighted by Gasteiger charge is 2.16. The zero-order chi connectivity index (χ0) is 21.7. The monoisotopic (exact) mass is 467 g/mol. The molecule has 0 bridgehead atoms. The number of H-pyrrole nitrogens is 1. The molecule has 0 aliphatic heterocycles. The van der Waals surface area contributed by atoms with E-state index >= 15 is 0 Å². The minimum atomic E-state index is -0.479. The molecule has 0 aliphatic carbocycles. The lowest BCUT2D eigenvalue weighted by Gasteiger charge is -2.14. The van der Waals surface area contributed by atoms with Crippen LogP contribution in [0.5, 0.6) is 11.5 Å². The van der Waals surface area contributed by atoms with Crippen LogP contribution in [0.1, 0.15) is 11.3 Å². The summed E-state index contributed by atoms with van der Waals surface area (Å²) in [5.41, 5.74) is 1.59. The number of para-hydroxylation sites is 2. The molecule has 0 atom stereocenters. The number of nitrogens with zero attached hydrogens (tertiary/aromatic N) is 1. The van der Waals surface area contributed by atoms with Gasteiger partial charge in [-0.15, -0.1) is 0 Å². The number of nitrogens with one attached hydrogen (secondary N) is 2. The standard InChI is InChI=1S/C22H18BrN3O4/c1-13-9-15(17(11-24)22(28)25-13)16-10-14(23)7-8-19(16)30-12-21(27)26-18-5-3-4-6-20(18)29-2/h3-10H,12H2,1-2H3,(H,25,28)(H,26,27). The van der Waals surface area contributed by atoms with Crippen molar-refractivity contribution in [2.24, 2.45) is 0 Å². The van der Waals surface area contributed by atoms with Crippen molar-refractivity contribution >= 4 is 27.5 Å². The fourth-order valence-electron chi connectivity index (χ4n) is 2.93. The first-order valence-electron chi connectivity index (χ1n) is 8.92. The highest BCUT2D eigenvalue weighted by atomic mass is 79.9. The predicted octanol–water partition coefficient (Wildman–Crippen LogP) is 4.01. The normalized spacial score (nSPS) is 10.2. The number of hydrogen-bond donors (Lipinski definition) is 2. The SMILES string of the molecule is COc1ccccc1NC(=O)COc1ccc(Br)cc1-c1cc(C)[nH]c(=O)c1C#N. The first kappa shape index (κ1) is 21.1. The van der Waals surface area contributed by atoms with Crippen molar-refractivity contribution in [3.63, 3.8) is 0 Å². The summed E-state index contributed by atoms with van der Waals surface area (Å²) in [5, 5.41) is 12.2. The number of halogens is 1. The van der Waals surface area contributed by atoms with Crippen LogP contribution in [0, 0.1) is 18.3 Å². The lowest BCUT2D eigenvalue weighted by atomic mass is 10.00. The zero-order valence-corrected chi connectivity index (χ0v) is 17.9. The van der Waals surface area contributed by atoms with Crippen LogP contribution in [0.15, 0.2) is 57.8 Å². The largest absolute Gasteiger partial charge is 0.495 e. The van der Waals surface area contributed by atoms with E-state index in [4.69, 9.17) is 9.47 Å². The molecule has 1 aromatic heterocycles. The molecule has 152 valence electrons. The maximum atomic E-state index is 12.4. The Morgan fingerprint density at radius 1 is 1.17 bits per heavy atom. The fraction of sp³-hybridized carbons (Fsp3) is 0.136. The Morgan fingerprint density at radius 2 is 1.93 bits per heavy atom. The molecule has 30 heavy (non-hydrogen) atoms. The second kappa shape index (κ2) is 9.29. The van der Waals surface area contributed by atoms with E-state index in [1.807, 2.05) is 6.07 Å². The molecule has 0 aliphatic rings. The van der Waals surface area contributed by atoms with Crippen LogP contribution in [0.2, 0.25) is 0 Å². The van der Waals surface area contributed by atoms with Gasteiger partial charge in [0.05, 0.1) is 12.8 Å². The predicted molar refractivity (Wildman–Crippen MR) is 117 cm³/mol. The van der Waals surface area contributed by atoms with E-state index in [9.17, 15) is 14.9 Å². The number of amides is 1. The van der Waals surface area contributed by atoms with Gasteiger partial charge in [0, 0.05) is 21.3 Å². The first-order chi connectivity index (χ1) is 14.4. The molecule has 1 amide bonds. The first-order valence-corrected chi connectivity index (χ1v) is 9.72. The van der Waals surface area contributed by atoms with Gasteiger partial charge in [0.1, 0.15) is 23.1 Å². The van der Waals surface area contributed by atoms with Gasteiger partial charge in [0.25, 0.3) is 11.5 Å². The quantitative estimate of drug-likeness (QED) is 0.569. The van der Waals surface area contributed by atoms with Crippen LogP contribution in [0.4, 0.5) is 5.69 Å². The van der Waals surface area contributed by atoms with Crippen molar-refractivity contribution in [1.29, 1.82) is 5.26 Å². The summed E-state index contributed by atoms with van der Waals surface area (Å²) >= 11 is 3.40. The molecule has 2 N–H and O–H groups in total. The zero-order valence-electron chi connectivity index (χ0n) is 16.3. The topological polar surface area (TPSA) is 104 Å². The van der Waals surface area contributed by atoms with Gasteiger partial charge in [0.2, 0.25) is 0 Å². The highest BCUT2D eigenvalue weighted by molar-refractivity contribution is 9.10. The van der Waals surface area contributed by atoms with Gasteiger partial charge in [0.15, 0.2) is 6.61 Å². The van der Waals surface area contributed by atoms with Crippen molar-refractivity contribution < 1.29 is 14.3 Å². The number of nitriles is 1. The molecule has 7 nitrogen and oxygen atoms in total. The lowest BCUT2D eigenvalue weighted by molar-refractivity contribution is -0.118. The summed E-state index contributed by atoms with van der Waals surface area (Å²) in [6.07, 6.45) is 0. The maximum Gasteiger partial charge on any atom is 0.266 e. The number of benzene rings is 2. The van der Waals surface area contributed by atoms with E-state index in [-0.39, 0.29) is 18.1 Å². The molecular weight excluding hydrogens is 450 g/mol. The molecule has 0 spiro atoms. The number of carbonyl (C=O) groups is 1. The second-order valence-corrected chi connectivity index (χ2v) is 7.28. The number of carbonyl (C=O) groups excluding carboxylic acids is 1. The summed E-state index contributed by atoms with van der Waals surface area (Å²) < 4.78 is 11.7. The Balaban J connectivity index is 1.88. The van der Waals surface area contributed by atoms with E-state index in [0.717, 1.165) is 4.47 Å². The summed E-state index contributed by atoms with van der Waals surface area (Å²) in [7, 11) is 1.52. The molecule has 1 heterocycles. The van der Waals surface area contributed by atoms with Crippen molar-refractivity contribution in [3.8, 4) is 28.7 Å². The van der Waals surface area contributed by atoms with E-state index in [0.29, 0.717) is 34.0 Å². The minimum Gasteiger partial charge on any atom is -0.495 e. The van der Waals surface area contributed by atoms with Gasteiger partial charge < -0.3 is 19.8 Å². The fourth-order valence-corrected chi connectivity index (χ4v) is 3.29. The van der Waals surface area contributed by atoms with Crippen LogP contribution in [0.25, 0.3) is 11.1 Å². The summed E-state index contributed by atoms with van der Waals surface area (Å²) in [5.74, 6) is 0.527. The third-order valence-corrected chi connectivity index (χ3v) is 4.74. The van der Waals surface area contributed by atoms with Gasteiger partial charge in [-0.25, -0.2) is 0 Å². The molecule has 3 rings (SSSR count). The number of ether oxygens (including phenoxy) is 2. The van der Waals surface area contributed by atoms with Crippen LogP contribution in [-0.4, -0.2) is 24.6 Å². The van der Waals surface area contributed by atoms with E-state index in [1.165, 1.54) is 7.11 Å². The van der Waals surface area contributed by atoms with E-state index in [1.54, 1.807) is 55.5 Å². The van der Waals surface area contributed by atoms with Gasteiger partial charge >= 0.3 is 0 Å². The number of hydrogen-bond acceptors (Lipinski definition) is 5. The summed E-state index contributed by atoms with van der Waals surface area (Å²) in [4.78, 5) is 27.2.